The number of ether oxygens (including phenoxy) is 6. The Hall–Kier alpha value is -2.48. The summed E-state index contributed by atoms with van der Waals surface area (Å²) in [4.78, 5) is 0. The van der Waals surface area contributed by atoms with Crippen LogP contribution in [0.1, 0.15) is 0 Å². The van der Waals surface area contributed by atoms with E-state index in [0.29, 0.717) is 24.7 Å². The number of hydrogen-bond donors (Lipinski definition) is 1. The highest BCUT2D eigenvalue weighted by Gasteiger charge is 2.23. The number of aliphatic hydroxyl groups excluding tert-OH is 1. The Morgan fingerprint density at radius 1 is 0.679 bits per heavy atom. The van der Waals surface area contributed by atoms with Crippen LogP contribution in [0.4, 0.5) is 0 Å². The first-order valence-corrected chi connectivity index (χ1v) is 9.37. The van der Waals surface area contributed by atoms with E-state index in [9.17, 15) is 5.11 Å². The lowest BCUT2D eigenvalue weighted by Crippen LogP contribution is -2.25. The van der Waals surface area contributed by atoms with E-state index in [1.54, 1.807) is 0 Å². The third-order valence-corrected chi connectivity index (χ3v) is 4.21. The van der Waals surface area contributed by atoms with Gasteiger partial charge in [-0.2, -0.15) is 0 Å². The first kappa shape index (κ1) is 18.9. The second-order valence-corrected chi connectivity index (χ2v) is 6.75. The number of benzene rings is 2. The summed E-state index contributed by atoms with van der Waals surface area (Å²) in [6.45, 7) is 2.96. The van der Waals surface area contributed by atoms with Gasteiger partial charge in [-0.3, -0.25) is 0 Å². The van der Waals surface area contributed by atoms with Gasteiger partial charge in [0.1, 0.15) is 67.7 Å². The first-order valence-electron chi connectivity index (χ1n) is 9.37. The Labute approximate surface area is 163 Å². The highest BCUT2D eigenvalue weighted by atomic mass is 16.6. The van der Waals surface area contributed by atoms with Crippen molar-refractivity contribution in [2.75, 3.05) is 39.6 Å². The molecule has 2 unspecified atom stereocenters. The molecule has 1 N–H and O–H groups in total. The maximum Gasteiger partial charge on any atom is 0.122 e. The zero-order valence-corrected chi connectivity index (χ0v) is 15.5. The summed E-state index contributed by atoms with van der Waals surface area (Å²) in [6, 6.07) is 14.6. The van der Waals surface area contributed by atoms with Gasteiger partial charge in [0.2, 0.25) is 0 Å². The maximum atomic E-state index is 10.1. The molecule has 28 heavy (non-hydrogen) atoms. The third-order valence-electron chi connectivity index (χ3n) is 4.21. The van der Waals surface area contributed by atoms with Crippen LogP contribution in [0, 0.1) is 0 Å². The number of hydrogen-bond acceptors (Lipinski definition) is 7. The molecule has 0 aliphatic carbocycles. The van der Waals surface area contributed by atoms with Crippen LogP contribution in [-0.4, -0.2) is 63.1 Å². The summed E-state index contributed by atoms with van der Waals surface area (Å²) in [6.07, 6.45) is -0.287. The summed E-state index contributed by atoms with van der Waals surface area (Å²) in [5, 5.41) is 10.1. The Morgan fingerprint density at radius 3 is 1.32 bits per heavy atom. The molecule has 150 valence electrons. The second-order valence-electron chi connectivity index (χ2n) is 6.75. The predicted molar refractivity (Wildman–Crippen MR) is 100 cm³/mol. The molecule has 2 aliphatic heterocycles. The molecule has 2 aromatic carbocycles. The maximum absolute atomic E-state index is 10.1. The molecule has 0 spiro atoms. The molecular formula is C21H24O7. The van der Waals surface area contributed by atoms with Gasteiger partial charge in [-0.15, -0.1) is 0 Å². The van der Waals surface area contributed by atoms with Gasteiger partial charge < -0.3 is 33.5 Å². The van der Waals surface area contributed by atoms with Gasteiger partial charge >= 0.3 is 0 Å². The van der Waals surface area contributed by atoms with Crippen molar-refractivity contribution in [3.8, 4) is 23.0 Å². The monoisotopic (exact) mass is 388 g/mol. The van der Waals surface area contributed by atoms with E-state index in [0.717, 1.165) is 24.7 Å². The average Bonchev–Trinajstić information content (AvgIpc) is 3.64. The second kappa shape index (κ2) is 9.14. The smallest absolute Gasteiger partial charge is 0.122 e. The molecule has 0 amide bonds. The van der Waals surface area contributed by atoms with Gasteiger partial charge in [-0.05, 0) is 48.5 Å². The van der Waals surface area contributed by atoms with Gasteiger partial charge in [-0.1, -0.05) is 0 Å². The topological polar surface area (TPSA) is 82.2 Å². The lowest BCUT2D eigenvalue weighted by molar-refractivity contribution is 0.0626. The third kappa shape index (κ3) is 6.30. The van der Waals surface area contributed by atoms with Gasteiger partial charge in [-0.25, -0.2) is 0 Å². The molecule has 2 heterocycles. The minimum absolute atomic E-state index is 0.138. The van der Waals surface area contributed by atoms with Crippen molar-refractivity contribution in [3.05, 3.63) is 48.5 Å². The normalized spacial score (nSPS) is 20.9. The first-order chi connectivity index (χ1) is 13.7. The Balaban J connectivity index is 1.13. The molecule has 0 bridgehead atoms. The fraction of sp³-hybridized carbons (Fsp3) is 0.429. The Morgan fingerprint density at radius 2 is 1.00 bits per heavy atom. The van der Waals surface area contributed by atoms with Crippen molar-refractivity contribution in [2.45, 2.75) is 18.3 Å². The predicted octanol–water partition coefficient (Wildman–Crippen LogP) is 2.06. The van der Waals surface area contributed by atoms with Crippen LogP contribution in [0.5, 0.6) is 23.0 Å². The Bertz CT molecular complexity index is 660. The van der Waals surface area contributed by atoms with E-state index >= 15 is 0 Å². The molecule has 2 atom stereocenters. The van der Waals surface area contributed by atoms with Crippen LogP contribution in [-0.2, 0) is 9.47 Å². The Kier molecular flexibility index (Phi) is 6.16. The van der Waals surface area contributed by atoms with Crippen molar-refractivity contribution in [1.29, 1.82) is 0 Å². The van der Waals surface area contributed by atoms with Crippen molar-refractivity contribution in [3.63, 3.8) is 0 Å². The van der Waals surface area contributed by atoms with E-state index in [-0.39, 0.29) is 25.4 Å². The van der Waals surface area contributed by atoms with E-state index in [2.05, 4.69) is 0 Å². The summed E-state index contributed by atoms with van der Waals surface area (Å²) in [7, 11) is 0. The number of rotatable bonds is 12. The molecule has 7 heteroatoms. The molecular weight excluding hydrogens is 364 g/mol. The largest absolute Gasteiger partial charge is 0.491 e. The molecule has 0 radical (unpaired) electrons. The van der Waals surface area contributed by atoms with E-state index < -0.39 is 6.10 Å². The van der Waals surface area contributed by atoms with Crippen LogP contribution in [0.2, 0.25) is 0 Å². The SMILES string of the molecule is OC(COc1ccc(OCC2CO2)cc1)COc1ccc(OCC2CO2)cc1. The molecule has 2 aromatic rings. The molecule has 7 nitrogen and oxygen atoms in total. The van der Waals surface area contributed by atoms with Gasteiger partial charge in [0.05, 0.1) is 13.2 Å². The van der Waals surface area contributed by atoms with Gasteiger partial charge in [0.25, 0.3) is 0 Å². The van der Waals surface area contributed by atoms with Crippen LogP contribution in [0.25, 0.3) is 0 Å². The van der Waals surface area contributed by atoms with E-state index in [1.165, 1.54) is 0 Å². The standard InChI is InChI=1S/C21H24O7/c22-15(9-23-16-1-5-18(6-2-16)25-11-20-13-27-20)10-24-17-3-7-19(8-4-17)26-12-21-14-28-21/h1-8,15,20-22H,9-14H2. The molecule has 4 rings (SSSR count). The fourth-order valence-corrected chi connectivity index (χ4v) is 2.40. The molecule has 0 aromatic heterocycles. The summed E-state index contributed by atoms with van der Waals surface area (Å²) in [5.41, 5.74) is 0. The summed E-state index contributed by atoms with van der Waals surface area (Å²) in [5.74, 6) is 2.86. The van der Waals surface area contributed by atoms with Crippen LogP contribution in [0.15, 0.2) is 48.5 Å². The summed E-state index contributed by atoms with van der Waals surface area (Å²) >= 11 is 0. The lowest BCUT2D eigenvalue weighted by Gasteiger charge is -2.14. The van der Waals surface area contributed by atoms with Crippen molar-refractivity contribution in [1.82, 2.24) is 0 Å². The zero-order valence-electron chi connectivity index (χ0n) is 15.5. The van der Waals surface area contributed by atoms with Crippen molar-refractivity contribution >= 4 is 0 Å². The van der Waals surface area contributed by atoms with E-state index in [1.807, 2.05) is 48.5 Å². The van der Waals surface area contributed by atoms with Crippen LogP contribution >= 0.6 is 0 Å². The minimum Gasteiger partial charge on any atom is -0.491 e. The fourth-order valence-electron chi connectivity index (χ4n) is 2.40. The number of aliphatic hydroxyl groups is 1. The van der Waals surface area contributed by atoms with Gasteiger partial charge in [0.15, 0.2) is 0 Å². The van der Waals surface area contributed by atoms with Crippen molar-refractivity contribution < 1.29 is 33.5 Å². The lowest BCUT2D eigenvalue weighted by atomic mass is 10.3. The van der Waals surface area contributed by atoms with E-state index in [4.69, 9.17) is 28.4 Å². The van der Waals surface area contributed by atoms with Gasteiger partial charge in [0, 0.05) is 0 Å². The minimum atomic E-state index is -0.745. The summed E-state index contributed by atoms with van der Waals surface area (Å²) < 4.78 is 32.5. The molecule has 2 aliphatic rings. The zero-order chi connectivity index (χ0) is 19.2. The highest BCUT2D eigenvalue weighted by molar-refractivity contribution is 5.32. The quantitative estimate of drug-likeness (QED) is 0.557. The molecule has 0 saturated carbocycles. The number of epoxide rings is 2. The van der Waals surface area contributed by atoms with Crippen molar-refractivity contribution in [2.24, 2.45) is 0 Å². The average molecular weight is 388 g/mol. The van der Waals surface area contributed by atoms with Crippen LogP contribution < -0.4 is 18.9 Å². The van der Waals surface area contributed by atoms with Crippen LogP contribution in [0.3, 0.4) is 0 Å². The molecule has 2 fully saturated rings. The molecule has 2 saturated heterocycles. The highest BCUT2D eigenvalue weighted by Crippen LogP contribution is 2.21.